The molecule has 0 atom stereocenters. The lowest BCUT2D eigenvalue weighted by Crippen LogP contribution is -3.00. The highest BCUT2D eigenvalue weighted by atomic mass is 79.9. The van der Waals surface area contributed by atoms with Crippen LogP contribution in [-0.2, 0) is 0 Å². The van der Waals surface area contributed by atoms with Crippen molar-refractivity contribution in [1.82, 2.24) is 4.90 Å². The minimum absolute atomic E-state index is 0. The first-order valence-corrected chi connectivity index (χ1v) is 6.51. The lowest BCUT2D eigenvalue weighted by atomic mass is 10.2. The zero-order valence-corrected chi connectivity index (χ0v) is 14.0. The average Bonchev–Trinajstić information content (AvgIpc) is 2.24. The Balaban J connectivity index is 0. The van der Waals surface area contributed by atoms with Crippen LogP contribution in [0.1, 0.15) is 39.5 Å². The third-order valence-corrected chi connectivity index (χ3v) is 3.09. The number of guanidine groups is 1. The standard InChI is InChI=1S/C13H30N3.BrH/c1-7-9-11-16(6,12-10-8-2)13(14-3)15(4)5;/h7-12H2,1-6H3;1H/q+1;/p-1. The zero-order valence-electron chi connectivity index (χ0n) is 12.5. The average molecular weight is 308 g/mol. The molecule has 0 aliphatic rings. The Labute approximate surface area is 118 Å². The molecule has 0 amide bonds. The first-order valence-electron chi connectivity index (χ1n) is 6.51. The molecule has 0 N–H and O–H groups in total. The van der Waals surface area contributed by atoms with Crippen LogP contribution in [0.4, 0.5) is 0 Å². The van der Waals surface area contributed by atoms with E-state index in [0.717, 1.165) is 4.48 Å². The Morgan fingerprint density at radius 3 is 1.71 bits per heavy atom. The van der Waals surface area contributed by atoms with Gasteiger partial charge in [-0.2, -0.15) is 0 Å². The van der Waals surface area contributed by atoms with E-state index in [1.807, 2.05) is 7.05 Å². The molecule has 4 heteroatoms. The van der Waals surface area contributed by atoms with E-state index in [0.29, 0.717) is 0 Å². The van der Waals surface area contributed by atoms with Crippen LogP contribution < -0.4 is 17.0 Å². The zero-order chi connectivity index (χ0) is 12.6. The Morgan fingerprint density at radius 1 is 1.06 bits per heavy atom. The van der Waals surface area contributed by atoms with Crippen LogP contribution in [0.25, 0.3) is 0 Å². The molecule has 0 spiro atoms. The second-order valence-corrected chi connectivity index (χ2v) is 4.97. The van der Waals surface area contributed by atoms with Gasteiger partial charge >= 0.3 is 0 Å². The summed E-state index contributed by atoms with van der Waals surface area (Å²) in [6.07, 6.45) is 5.05. The summed E-state index contributed by atoms with van der Waals surface area (Å²) in [5.74, 6) is 1.20. The predicted octanol–water partition coefficient (Wildman–Crippen LogP) is -0.415. The summed E-state index contributed by atoms with van der Waals surface area (Å²) in [6.45, 7) is 6.90. The minimum Gasteiger partial charge on any atom is -1.00 e. The quantitative estimate of drug-likeness (QED) is 0.370. The van der Waals surface area contributed by atoms with Gasteiger partial charge < -0.3 is 21.9 Å². The summed E-state index contributed by atoms with van der Waals surface area (Å²) in [4.78, 5) is 6.64. The molecule has 0 aromatic rings. The molecule has 0 bridgehead atoms. The van der Waals surface area contributed by atoms with Crippen molar-refractivity contribution in [3.63, 3.8) is 0 Å². The lowest BCUT2D eigenvalue weighted by molar-refractivity contribution is -0.827. The van der Waals surface area contributed by atoms with Gasteiger partial charge in [0.05, 0.1) is 20.1 Å². The van der Waals surface area contributed by atoms with Crippen LogP contribution in [0.15, 0.2) is 4.99 Å². The van der Waals surface area contributed by atoms with Gasteiger partial charge in [0.25, 0.3) is 5.96 Å². The molecule has 0 unspecified atom stereocenters. The number of hydrogen-bond acceptors (Lipinski definition) is 1. The molecule has 0 saturated carbocycles. The van der Waals surface area contributed by atoms with E-state index in [4.69, 9.17) is 0 Å². The number of halogens is 1. The molecular formula is C13H30BrN3. The molecular weight excluding hydrogens is 278 g/mol. The lowest BCUT2D eigenvalue weighted by Gasteiger charge is -2.37. The molecule has 0 rings (SSSR count). The van der Waals surface area contributed by atoms with Gasteiger partial charge in [-0.05, 0) is 12.8 Å². The maximum Gasteiger partial charge on any atom is 0.299 e. The van der Waals surface area contributed by atoms with E-state index in [2.05, 4.69) is 44.9 Å². The Bertz CT molecular complexity index is 207. The summed E-state index contributed by atoms with van der Waals surface area (Å²) in [7, 11) is 8.41. The maximum atomic E-state index is 4.48. The highest BCUT2D eigenvalue weighted by Crippen LogP contribution is 2.12. The molecule has 0 aliphatic carbocycles. The topological polar surface area (TPSA) is 15.6 Å². The van der Waals surface area contributed by atoms with Gasteiger partial charge in [-0.15, -0.1) is 0 Å². The van der Waals surface area contributed by atoms with E-state index in [-0.39, 0.29) is 17.0 Å². The van der Waals surface area contributed by atoms with E-state index in [1.54, 1.807) is 0 Å². The summed E-state index contributed by atoms with van der Waals surface area (Å²) in [5, 5.41) is 0. The monoisotopic (exact) mass is 307 g/mol. The van der Waals surface area contributed by atoms with Gasteiger partial charge in [0.15, 0.2) is 0 Å². The molecule has 0 aromatic carbocycles. The van der Waals surface area contributed by atoms with Crippen LogP contribution in [-0.4, -0.2) is 56.6 Å². The fraction of sp³-hybridized carbons (Fsp3) is 0.923. The third kappa shape index (κ3) is 6.41. The van der Waals surface area contributed by atoms with Crippen LogP contribution in [0.5, 0.6) is 0 Å². The molecule has 104 valence electrons. The normalized spacial score (nSPS) is 12.2. The molecule has 0 radical (unpaired) electrons. The molecule has 0 heterocycles. The molecule has 0 fully saturated rings. The summed E-state index contributed by atoms with van der Waals surface area (Å²) < 4.78 is 0.977. The van der Waals surface area contributed by atoms with Crippen LogP contribution in [0.2, 0.25) is 0 Å². The van der Waals surface area contributed by atoms with E-state index in [9.17, 15) is 0 Å². The van der Waals surface area contributed by atoms with Crippen molar-refractivity contribution in [2.75, 3.05) is 41.3 Å². The first kappa shape index (κ1) is 19.3. The number of nitrogens with zero attached hydrogens (tertiary/aromatic N) is 3. The van der Waals surface area contributed by atoms with Gasteiger partial charge in [0, 0.05) is 21.1 Å². The highest BCUT2D eigenvalue weighted by Gasteiger charge is 2.29. The molecule has 0 aromatic heterocycles. The molecule has 0 saturated heterocycles. The largest absolute Gasteiger partial charge is 1.00 e. The summed E-state index contributed by atoms with van der Waals surface area (Å²) >= 11 is 0. The van der Waals surface area contributed by atoms with Crippen molar-refractivity contribution in [2.24, 2.45) is 4.99 Å². The van der Waals surface area contributed by atoms with Gasteiger partial charge in [-0.25, -0.2) is 4.99 Å². The predicted molar refractivity (Wildman–Crippen MR) is 72.8 cm³/mol. The van der Waals surface area contributed by atoms with Crippen LogP contribution >= 0.6 is 0 Å². The Hall–Kier alpha value is -0.0900. The van der Waals surface area contributed by atoms with Crippen LogP contribution in [0, 0.1) is 0 Å². The molecule has 17 heavy (non-hydrogen) atoms. The summed E-state index contributed by atoms with van der Waals surface area (Å²) in [6, 6.07) is 0. The fourth-order valence-corrected chi connectivity index (χ4v) is 2.25. The number of quaternary nitrogens is 1. The van der Waals surface area contributed by atoms with Crippen molar-refractivity contribution in [3.8, 4) is 0 Å². The first-order chi connectivity index (χ1) is 7.51. The van der Waals surface area contributed by atoms with Crippen LogP contribution in [0.3, 0.4) is 0 Å². The SMILES string of the molecule is CCCC[N+](C)(CCCC)C(=NC)N(C)C.[Br-]. The van der Waals surface area contributed by atoms with Gasteiger partial charge in [-0.3, -0.25) is 4.48 Å². The summed E-state index contributed by atoms with van der Waals surface area (Å²) in [5.41, 5.74) is 0. The number of rotatable bonds is 6. The van der Waals surface area contributed by atoms with E-state index in [1.165, 1.54) is 44.7 Å². The number of aliphatic imine (C=N–C) groups is 1. The number of unbranched alkanes of at least 4 members (excludes halogenated alkanes) is 2. The Morgan fingerprint density at radius 2 is 1.47 bits per heavy atom. The van der Waals surface area contributed by atoms with Crippen molar-refractivity contribution < 1.29 is 21.5 Å². The second-order valence-electron chi connectivity index (χ2n) is 4.97. The molecule has 3 nitrogen and oxygen atoms in total. The third-order valence-electron chi connectivity index (χ3n) is 3.09. The van der Waals surface area contributed by atoms with Gasteiger partial charge in [0.1, 0.15) is 0 Å². The van der Waals surface area contributed by atoms with Gasteiger partial charge in [-0.1, -0.05) is 26.7 Å². The maximum absolute atomic E-state index is 4.48. The van der Waals surface area contributed by atoms with E-state index < -0.39 is 0 Å². The van der Waals surface area contributed by atoms with Crippen molar-refractivity contribution >= 4 is 5.96 Å². The fourth-order valence-electron chi connectivity index (χ4n) is 2.25. The number of hydrogen-bond donors (Lipinski definition) is 0. The van der Waals surface area contributed by atoms with Crippen molar-refractivity contribution in [2.45, 2.75) is 39.5 Å². The van der Waals surface area contributed by atoms with E-state index >= 15 is 0 Å². The molecule has 0 aliphatic heterocycles. The van der Waals surface area contributed by atoms with Crippen molar-refractivity contribution in [1.29, 1.82) is 0 Å². The second kappa shape index (κ2) is 9.89. The highest BCUT2D eigenvalue weighted by molar-refractivity contribution is 5.72. The van der Waals surface area contributed by atoms with Crippen molar-refractivity contribution in [3.05, 3.63) is 0 Å². The smallest absolute Gasteiger partial charge is 0.299 e. The van der Waals surface area contributed by atoms with Gasteiger partial charge in [0.2, 0.25) is 0 Å². The minimum atomic E-state index is 0. The Kier molecular flexibility index (Phi) is 11.2.